The minimum Gasteiger partial charge on any atom is -0.501 e. The molecule has 1 heterocycles. The SMILES string of the molecule is CCC1=C(C(C)/C=C(\C)C2(N(CC3CC3)C(C)=O)CCN(Cc3cc(C)cc(C)c3)CC2)C(OC)=CCC(OC)=C1. The van der Waals surface area contributed by atoms with E-state index in [1.807, 2.05) is 0 Å². The Morgan fingerprint density at radius 3 is 2.29 bits per heavy atom. The second-order valence-corrected chi connectivity index (χ2v) is 12.6. The van der Waals surface area contributed by atoms with Crippen LogP contribution in [0, 0.1) is 25.7 Å². The highest BCUT2D eigenvalue weighted by Crippen LogP contribution is 2.42. The lowest BCUT2D eigenvalue weighted by atomic mass is 9.77. The Morgan fingerprint density at radius 1 is 1.10 bits per heavy atom. The average molecular weight is 561 g/mol. The third-order valence-electron chi connectivity index (χ3n) is 9.39. The van der Waals surface area contributed by atoms with Gasteiger partial charge in [-0.05, 0) is 82.1 Å². The zero-order valence-corrected chi connectivity index (χ0v) is 26.8. The molecule has 41 heavy (non-hydrogen) atoms. The molecule has 5 heteroatoms. The van der Waals surface area contributed by atoms with E-state index in [9.17, 15) is 4.79 Å². The molecule has 1 aromatic carbocycles. The van der Waals surface area contributed by atoms with Gasteiger partial charge in [0.25, 0.3) is 0 Å². The van der Waals surface area contributed by atoms with Crippen molar-refractivity contribution in [1.82, 2.24) is 9.80 Å². The molecule has 5 nitrogen and oxygen atoms in total. The van der Waals surface area contributed by atoms with E-state index >= 15 is 0 Å². The number of likely N-dealkylation sites (tertiary alicyclic amines) is 1. The van der Waals surface area contributed by atoms with Crippen LogP contribution in [0.5, 0.6) is 0 Å². The summed E-state index contributed by atoms with van der Waals surface area (Å²) in [5.74, 6) is 2.88. The molecule has 2 fully saturated rings. The van der Waals surface area contributed by atoms with Gasteiger partial charge in [-0.25, -0.2) is 0 Å². The van der Waals surface area contributed by atoms with Gasteiger partial charge in [0.05, 0.1) is 25.5 Å². The molecule has 0 bridgehead atoms. The van der Waals surface area contributed by atoms with Crippen molar-refractivity contribution in [3.63, 3.8) is 0 Å². The lowest BCUT2D eigenvalue weighted by Gasteiger charge is -2.50. The monoisotopic (exact) mass is 560 g/mol. The van der Waals surface area contributed by atoms with Crippen LogP contribution in [-0.4, -0.2) is 55.1 Å². The fraction of sp³-hybridized carbons (Fsp3) is 0.583. The number of benzene rings is 1. The van der Waals surface area contributed by atoms with E-state index in [0.29, 0.717) is 5.92 Å². The number of aryl methyl sites for hydroxylation is 2. The van der Waals surface area contributed by atoms with Crippen molar-refractivity contribution in [3.8, 4) is 0 Å². The van der Waals surface area contributed by atoms with Crippen LogP contribution in [0.15, 0.2) is 64.7 Å². The highest BCUT2D eigenvalue weighted by Gasteiger charge is 2.44. The van der Waals surface area contributed by atoms with E-state index in [0.717, 1.165) is 63.4 Å². The smallest absolute Gasteiger partial charge is 0.220 e. The van der Waals surface area contributed by atoms with Gasteiger partial charge in [0.1, 0.15) is 5.76 Å². The Kier molecular flexibility index (Phi) is 10.2. The van der Waals surface area contributed by atoms with Gasteiger partial charge in [0.2, 0.25) is 5.91 Å². The van der Waals surface area contributed by atoms with E-state index in [1.165, 1.54) is 46.3 Å². The largest absolute Gasteiger partial charge is 0.501 e. The summed E-state index contributed by atoms with van der Waals surface area (Å²) in [5.41, 5.74) is 7.55. The minimum atomic E-state index is -0.260. The Hall–Kier alpha value is -2.79. The number of carbonyl (C=O) groups excluding carboxylic acids is 1. The molecule has 1 saturated heterocycles. The van der Waals surface area contributed by atoms with Crippen molar-refractivity contribution < 1.29 is 14.3 Å². The van der Waals surface area contributed by atoms with Crippen LogP contribution in [0.2, 0.25) is 0 Å². The molecule has 1 saturated carbocycles. The fourth-order valence-electron chi connectivity index (χ4n) is 7.09. The minimum absolute atomic E-state index is 0.142. The molecule has 2 aliphatic carbocycles. The summed E-state index contributed by atoms with van der Waals surface area (Å²) in [6.45, 7) is 16.7. The van der Waals surface area contributed by atoms with E-state index in [1.54, 1.807) is 21.1 Å². The lowest BCUT2D eigenvalue weighted by molar-refractivity contribution is -0.136. The summed E-state index contributed by atoms with van der Waals surface area (Å²) in [4.78, 5) is 18.1. The molecule has 0 aromatic heterocycles. The van der Waals surface area contributed by atoms with Crippen LogP contribution in [-0.2, 0) is 20.8 Å². The molecule has 224 valence electrons. The van der Waals surface area contributed by atoms with E-state index in [2.05, 4.69) is 80.8 Å². The predicted molar refractivity (Wildman–Crippen MR) is 168 cm³/mol. The first kappa shape index (κ1) is 31.2. The average Bonchev–Trinajstić information content (AvgIpc) is 3.77. The van der Waals surface area contributed by atoms with Crippen molar-refractivity contribution in [2.24, 2.45) is 11.8 Å². The molecule has 0 N–H and O–H groups in total. The number of hydrogen-bond donors (Lipinski definition) is 0. The van der Waals surface area contributed by atoms with Gasteiger partial charge in [-0.15, -0.1) is 0 Å². The number of piperidine rings is 1. The zero-order chi connectivity index (χ0) is 29.7. The standard InChI is InChI=1S/C36H52N2O3/c1-9-32-22-33(40-7)12-13-34(41-8)35(32)27(4)21-28(5)36(38(29(6)39)24-30-10-11-30)14-16-37(17-15-36)23-31-19-25(2)18-26(3)20-31/h13,18-22,27,30H,9-12,14-17,23-24H2,1-8H3/b28-21+. The van der Waals surface area contributed by atoms with E-state index in [-0.39, 0.29) is 17.4 Å². The molecule has 0 radical (unpaired) electrons. The van der Waals surface area contributed by atoms with Gasteiger partial charge >= 0.3 is 0 Å². The zero-order valence-electron chi connectivity index (χ0n) is 26.8. The number of ether oxygens (including phenoxy) is 2. The van der Waals surface area contributed by atoms with E-state index < -0.39 is 0 Å². The summed E-state index contributed by atoms with van der Waals surface area (Å²) in [7, 11) is 3.50. The van der Waals surface area contributed by atoms with Crippen LogP contribution in [0.25, 0.3) is 0 Å². The number of amides is 1. The van der Waals surface area contributed by atoms with Gasteiger partial charge < -0.3 is 14.4 Å². The summed E-state index contributed by atoms with van der Waals surface area (Å²) >= 11 is 0. The predicted octanol–water partition coefficient (Wildman–Crippen LogP) is 7.65. The number of hydrogen-bond acceptors (Lipinski definition) is 4. The van der Waals surface area contributed by atoms with Gasteiger partial charge in [-0.3, -0.25) is 9.69 Å². The van der Waals surface area contributed by atoms with Gasteiger partial charge in [0, 0.05) is 51.0 Å². The summed E-state index contributed by atoms with van der Waals surface area (Å²) in [6, 6.07) is 6.87. The maximum Gasteiger partial charge on any atom is 0.220 e. The first-order chi connectivity index (χ1) is 19.6. The second kappa shape index (κ2) is 13.5. The molecule has 1 aromatic rings. The maximum absolute atomic E-state index is 13.3. The topological polar surface area (TPSA) is 42.0 Å². The molecule has 1 amide bonds. The van der Waals surface area contributed by atoms with Crippen LogP contribution in [0.4, 0.5) is 0 Å². The Bertz CT molecular complexity index is 1200. The number of allylic oxidation sites excluding steroid dienone is 5. The normalized spacial score (nSPS) is 20.6. The quantitative estimate of drug-likeness (QED) is 0.261. The third-order valence-corrected chi connectivity index (χ3v) is 9.39. The van der Waals surface area contributed by atoms with E-state index in [4.69, 9.17) is 9.47 Å². The molecule has 0 spiro atoms. The Balaban J connectivity index is 1.66. The summed E-state index contributed by atoms with van der Waals surface area (Å²) in [5, 5.41) is 0. The molecule has 1 atom stereocenters. The maximum atomic E-state index is 13.3. The van der Waals surface area contributed by atoms with Gasteiger partial charge in [0.15, 0.2) is 0 Å². The lowest BCUT2D eigenvalue weighted by Crippen LogP contribution is -2.58. The van der Waals surface area contributed by atoms with Crippen LogP contribution in [0.1, 0.15) is 82.9 Å². The van der Waals surface area contributed by atoms with Crippen molar-refractivity contribution in [3.05, 3.63) is 81.4 Å². The third kappa shape index (κ3) is 7.35. The van der Waals surface area contributed by atoms with Crippen LogP contribution in [0.3, 0.4) is 0 Å². The molecular weight excluding hydrogens is 508 g/mol. The number of carbonyl (C=O) groups is 1. The summed E-state index contributed by atoms with van der Waals surface area (Å²) < 4.78 is 11.6. The van der Waals surface area contributed by atoms with Crippen LogP contribution >= 0.6 is 0 Å². The Morgan fingerprint density at radius 2 is 1.76 bits per heavy atom. The van der Waals surface area contributed by atoms with Crippen LogP contribution < -0.4 is 0 Å². The Labute approximate surface area is 249 Å². The number of methoxy groups -OCH3 is 2. The fourth-order valence-corrected chi connectivity index (χ4v) is 7.09. The van der Waals surface area contributed by atoms with Crippen molar-refractivity contribution >= 4 is 5.91 Å². The molecule has 3 aliphatic rings. The van der Waals surface area contributed by atoms with Crippen molar-refractivity contribution in [1.29, 1.82) is 0 Å². The molecule has 4 rings (SSSR count). The highest BCUT2D eigenvalue weighted by molar-refractivity contribution is 5.75. The molecular formula is C36H52N2O3. The highest BCUT2D eigenvalue weighted by atomic mass is 16.5. The van der Waals surface area contributed by atoms with Crippen molar-refractivity contribution in [2.75, 3.05) is 33.9 Å². The number of nitrogens with zero attached hydrogens (tertiary/aromatic N) is 2. The molecule has 1 aliphatic heterocycles. The van der Waals surface area contributed by atoms with Gasteiger partial charge in [-0.2, -0.15) is 0 Å². The number of rotatable bonds is 11. The first-order valence-corrected chi connectivity index (χ1v) is 15.6. The first-order valence-electron chi connectivity index (χ1n) is 15.6. The molecule has 1 unspecified atom stereocenters. The van der Waals surface area contributed by atoms with Gasteiger partial charge in [-0.1, -0.05) is 54.8 Å². The second-order valence-electron chi connectivity index (χ2n) is 12.6. The van der Waals surface area contributed by atoms with Crippen molar-refractivity contribution in [2.45, 2.75) is 92.2 Å². The summed E-state index contributed by atoms with van der Waals surface area (Å²) in [6.07, 6.45) is 12.8.